The van der Waals surface area contributed by atoms with Gasteiger partial charge in [0.05, 0.1) is 0 Å². The molecule has 21 heavy (non-hydrogen) atoms. The highest BCUT2D eigenvalue weighted by Gasteiger charge is 2.52. The maximum absolute atomic E-state index is 12.9. The van der Waals surface area contributed by atoms with Crippen LogP contribution in [0.2, 0.25) is 0 Å². The summed E-state index contributed by atoms with van der Waals surface area (Å²) in [5, 5.41) is 0.945. The van der Waals surface area contributed by atoms with Gasteiger partial charge in [-0.05, 0) is 74.0 Å². The number of carbonyl (C=O) groups is 1. The van der Waals surface area contributed by atoms with Crippen molar-refractivity contribution in [3.05, 3.63) is 0 Å². The van der Waals surface area contributed by atoms with Crippen LogP contribution in [0.4, 0.5) is 0 Å². The van der Waals surface area contributed by atoms with E-state index in [-0.39, 0.29) is 0 Å². The van der Waals surface area contributed by atoms with E-state index in [9.17, 15) is 4.79 Å². The maximum Gasteiger partial charge on any atom is 0.223 e. The van der Waals surface area contributed by atoms with Crippen molar-refractivity contribution in [3.8, 4) is 0 Å². The summed E-state index contributed by atoms with van der Waals surface area (Å²) in [7, 11) is 0. The number of halogens is 1. The van der Waals surface area contributed by atoms with Crippen molar-refractivity contribution in [2.45, 2.75) is 64.3 Å². The molecule has 5 fully saturated rings. The molecule has 0 N–H and O–H groups in total. The van der Waals surface area contributed by atoms with Crippen LogP contribution >= 0.6 is 15.9 Å². The zero-order valence-electron chi connectivity index (χ0n) is 13.2. The van der Waals surface area contributed by atoms with E-state index < -0.39 is 0 Å². The fraction of sp³-hybridized carbons (Fsp3) is 0.944. The van der Waals surface area contributed by atoms with Crippen molar-refractivity contribution in [1.29, 1.82) is 0 Å². The van der Waals surface area contributed by atoms with Crippen molar-refractivity contribution >= 4 is 21.8 Å². The lowest BCUT2D eigenvalue weighted by molar-refractivity contribution is -0.140. The Morgan fingerprint density at radius 3 is 2.24 bits per heavy atom. The Morgan fingerprint density at radius 1 is 1.14 bits per heavy atom. The van der Waals surface area contributed by atoms with Crippen LogP contribution in [0.1, 0.15) is 58.3 Å². The molecule has 0 radical (unpaired) electrons. The van der Waals surface area contributed by atoms with Crippen LogP contribution in [0.3, 0.4) is 0 Å². The summed E-state index contributed by atoms with van der Waals surface area (Å²) in [5.74, 6) is 3.98. The molecule has 1 saturated heterocycles. The predicted molar refractivity (Wildman–Crippen MR) is 88.3 cm³/mol. The van der Waals surface area contributed by atoms with Gasteiger partial charge in [-0.25, -0.2) is 0 Å². The molecule has 0 aromatic heterocycles. The van der Waals surface area contributed by atoms with Crippen LogP contribution < -0.4 is 0 Å². The fourth-order valence-corrected chi connectivity index (χ4v) is 7.47. The van der Waals surface area contributed by atoms with E-state index >= 15 is 0 Å². The zero-order valence-corrected chi connectivity index (χ0v) is 14.8. The maximum atomic E-state index is 12.9. The second kappa shape index (κ2) is 5.25. The lowest BCUT2D eigenvalue weighted by atomic mass is 9.49. The smallest absolute Gasteiger partial charge is 0.223 e. The Hall–Kier alpha value is -0.0500. The Labute approximate surface area is 137 Å². The summed E-state index contributed by atoms with van der Waals surface area (Å²) in [5.41, 5.74) is 0.397. The molecule has 0 aromatic rings. The van der Waals surface area contributed by atoms with Crippen LogP contribution in [0, 0.1) is 29.1 Å². The van der Waals surface area contributed by atoms with E-state index in [1.165, 1.54) is 44.9 Å². The van der Waals surface area contributed by atoms with Crippen LogP contribution in [0.25, 0.3) is 0 Å². The number of amides is 1. The first-order valence-corrected chi connectivity index (χ1v) is 10.1. The molecule has 1 heterocycles. The normalized spacial score (nSPS) is 48.1. The van der Waals surface area contributed by atoms with Gasteiger partial charge in [0.2, 0.25) is 5.91 Å². The molecule has 3 heteroatoms. The molecule has 2 nitrogen and oxygen atoms in total. The number of nitrogens with zero attached hydrogens (tertiary/aromatic N) is 1. The standard InChI is InChI=1S/C18H28BrNO/c1-12-2-3-20(16(12)11-19)17(21)10-18-7-13-4-14(8-18)6-15(5-13)9-18/h12-16H,2-11H2,1H3. The molecule has 4 bridgehead atoms. The third-order valence-corrected chi connectivity index (χ3v) is 7.72. The van der Waals surface area contributed by atoms with Gasteiger partial charge in [-0.15, -0.1) is 0 Å². The third kappa shape index (κ3) is 2.48. The number of hydrogen-bond acceptors (Lipinski definition) is 1. The quantitative estimate of drug-likeness (QED) is 0.695. The van der Waals surface area contributed by atoms with Crippen molar-refractivity contribution in [1.82, 2.24) is 4.90 Å². The van der Waals surface area contributed by atoms with Crippen LogP contribution in [0.15, 0.2) is 0 Å². The molecule has 4 aliphatic carbocycles. The Morgan fingerprint density at radius 2 is 1.71 bits per heavy atom. The molecule has 2 unspecified atom stereocenters. The monoisotopic (exact) mass is 353 g/mol. The molecular formula is C18H28BrNO. The summed E-state index contributed by atoms with van der Waals surface area (Å²) >= 11 is 3.62. The number of hydrogen-bond donors (Lipinski definition) is 0. The largest absolute Gasteiger partial charge is 0.339 e. The Balaban J connectivity index is 1.47. The van der Waals surface area contributed by atoms with Gasteiger partial charge in [0.1, 0.15) is 0 Å². The first kappa shape index (κ1) is 14.5. The number of rotatable bonds is 3. The van der Waals surface area contributed by atoms with Gasteiger partial charge in [-0.1, -0.05) is 22.9 Å². The first-order chi connectivity index (χ1) is 10.1. The van der Waals surface area contributed by atoms with Crippen molar-refractivity contribution in [2.75, 3.05) is 11.9 Å². The lowest BCUT2D eigenvalue weighted by Gasteiger charge is -2.57. The highest BCUT2D eigenvalue weighted by molar-refractivity contribution is 9.09. The van der Waals surface area contributed by atoms with Gasteiger partial charge in [-0.2, -0.15) is 0 Å². The van der Waals surface area contributed by atoms with Crippen molar-refractivity contribution in [2.24, 2.45) is 29.1 Å². The fourth-order valence-electron chi connectivity index (χ4n) is 6.48. The molecule has 0 aromatic carbocycles. The van der Waals surface area contributed by atoms with Gasteiger partial charge in [0.15, 0.2) is 0 Å². The van der Waals surface area contributed by atoms with Gasteiger partial charge in [-0.3, -0.25) is 4.79 Å². The minimum Gasteiger partial charge on any atom is -0.339 e. The summed E-state index contributed by atoms with van der Waals surface area (Å²) < 4.78 is 0. The summed E-state index contributed by atoms with van der Waals surface area (Å²) in [4.78, 5) is 15.2. The van der Waals surface area contributed by atoms with E-state index in [0.717, 1.165) is 36.0 Å². The third-order valence-electron chi connectivity index (χ3n) is 7.05. The van der Waals surface area contributed by atoms with Gasteiger partial charge < -0.3 is 4.90 Å². The van der Waals surface area contributed by atoms with E-state index in [4.69, 9.17) is 0 Å². The van der Waals surface area contributed by atoms with E-state index in [0.29, 0.717) is 23.3 Å². The molecule has 5 aliphatic rings. The summed E-state index contributed by atoms with van der Waals surface area (Å²) in [6.45, 7) is 3.28. The van der Waals surface area contributed by atoms with Gasteiger partial charge in [0, 0.05) is 24.3 Å². The van der Waals surface area contributed by atoms with Gasteiger partial charge >= 0.3 is 0 Å². The minimum absolute atomic E-state index is 0.397. The molecular weight excluding hydrogens is 326 g/mol. The number of carbonyl (C=O) groups excluding carboxylic acids is 1. The number of likely N-dealkylation sites (tertiary alicyclic amines) is 1. The average Bonchev–Trinajstić information content (AvgIpc) is 2.77. The second-order valence-corrected chi connectivity index (χ2v) is 9.32. The lowest BCUT2D eigenvalue weighted by Crippen LogP contribution is -2.49. The van der Waals surface area contributed by atoms with E-state index in [2.05, 4.69) is 27.8 Å². The minimum atomic E-state index is 0.397. The molecule has 2 atom stereocenters. The van der Waals surface area contributed by atoms with Crippen LogP contribution in [-0.4, -0.2) is 28.7 Å². The number of alkyl halides is 1. The van der Waals surface area contributed by atoms with Crippen molar-refractivity contribution < 1.29 is 4.79 Å². The molecule has 5 rings (SSSR count). The molecule has 1 aliphatic heterocycles. The highest BCUT2D eigenvalue weighted by Crippen LogP contribution is 2.61. The topological polar surface area (TPSA) is 20.3 Å². The van der Waals surface area contributed by atoms with Crippen LogP contribution in [-0.2, 0) is 4.79 Å². The predicted octanol–water partition coefficient (Wildman–Crippen LogP) is 4.22. The Kier molecular flexibility index (Phi) is 3.63. The second-order valence-electron chi connectivity index (χ2n) is 8.67. The molecule has 1 amide bonds. The first-order valence-electron chi connectivity index (χ1n) is 8.94. The summed E-state index contributed by atoms with van der Waals surface area (Å²) in [6, 6.07) is 0.436. The van der Waals surface area contributed by atoms with E-state index in [1.54, 1.807) is 0 Å². The molecule has 4 saturated carbocycles. The van der Waals surface area contributed by atoms with Gasteiger partial charge in [0.25, 0.3) is 0 Å². The zero-order chi connectivity index (χ0) is 14.6. The van der Waals surface area contributed by atoms with E-state index in [1.807, 2.05) is 0 Å². The van der Waals surface area contributed by atoms with Crippen molar-refractivity contribution in [3.63, 3.8) is 0 Å². The SMILES string of the molecule is CC1CCN(C(=O)CC23CC4CC(CC(C4)C2)C3)C1CBr. The van der Waals surface area contributed by atoms with Crippen LogP contribution in [0.5, 0.6) is 0 Å². The Bertz CT molecular complexity index is 400. The highest BCUT2D eigenvalue weighted by atomic mass is 79.9. The molecule has 0 spiro atoms. The summed E-state index contributed by atoms with van der Waals surface area (Å²) in [6.07, 6.45) is 10.5. The average molecular weight is 354 g/mol. The molecule has 118 valence electrons.